The molecule has 1 unspecified atom stereocenters. The Morgan fingerprint density at radius 2 is 1.96 bits per heavy atom. The molecular formula is C20H27N3OS. The minimum Gasteiger partial charge on any atom is -0.331 e. The molecule has 1 aliphatic rings. The van der Waals surface area contributed by atoms with Crippen LogP contribution in [0.25, 0.3) is 0 Å². The van der Waals surface area contributed by atoms with Crippen LogP contribution in [0, 0.1) is 0 Å². The van der Waals surface area contributed by atoms with Crippen molar-refractivity contribution in [2.45, 2.75) is 38.9 Å². The van der Waals surface area contributed by atoms with Crippen LogP contribution in [-0.4, -0.2) is 36.0 Å². The predicted molar refractivity (Wildman–Crippen MR) is 104 cm³/mol. The maximum absolute atomic E-state index is 12.5. The van der Waals surface area contributed by atoms with E-state index in [-0.39, 0.29) is 12.1 Å². The number of benzene rings is 1. The second-order valence-electron chi connectivity index (χ2n) is 6.84. The van der Waals surface area contributed by atoms with E-state index in [0.717, 1.165) is 12.1 Å². The summed E-state index contributed by atoms with van der Waals surface area (Å²) in [4.78, 5) is 16.8. The quantitative estimate of drug-likeness (QED) is 0.839. The Balaban J connectivity index is 1.60. The maximum atomic E-state index is 12.5. The third-order valence-corrected chi connectivity index (χ3v) is 5.55. The second-order valence-corrected chi connectivity index (χ2v) is 7.62. The van der Waals surface area contributed by atoms with Crippen LogP contribution in [0.4, 0.5) is 4.79 Å². The standard InChI is InChI=1S/C20H27N3OS/c1-16(19-9-12-25-15-19)21-20(24)22(2)13-17-7-3-4-8-18(17)14-23-10-5-6-11-23/h3-4,7-9,12,15-16H,5-6,10-11,13-14H2,1-2H3,(H,21,24). The molecular weight excluding hydrogens is 330 g/mol. The Bertz CT molecular complexity index is 680. The van der Waals surface area contributed by atoms with Gasteiger partial charge >= 0.3 is 6.03 Å². The lowest BCUT2D eigenvalue weighted by molar-refractivity contribution is 0.203. The van der Waals surface area contributed by atoms with Gasteiger partial charge in [0.2, 0.25) is 0 Å². The zero-order valence-electron chi connectivity index (χ0n) is 15.1. The predicted octanol–water partition coefficient (Wildman–Crippen LogP) is 4.25. The Labute approximate surface area is 154 Å². The average Bonchev–Trinajstić information content (AvgIpc) is 3.30. The molecule has 2 heterocycles. The fourth-order valence-corrected chi connectivity index (χ4v) is 4.03. The number of carbonyl (C=O) groups is 1. The first-order valence-electron chi connectivity index (χ1n) is 8.96. The number of hydrogen-bond acceptors (Lipinski definition) is 3. The highest BCUT2D eigenvalue weighted by atomic mass is 32.1. The molecule has 1 saturated heterocycles. The van der Waals surface area contributed by atoms with E-state index in [1.165, 1.54) is 37.1 Å². The van der Waals surface area contributed by atoms with Crippen LogP contribution in [0.5, 0.6) is 0 Å². The molecule has 2 amide bonds. The van der Waals surface area contributed by atoms with Crippen LogP contribution >= 0.6 is 11.3 Å². The molecule has 134 valence electrons. The Hall–Kier alpha value is -1.85. The van der Waals surface area contributed by atoms with Crippen molar-refractivity contribution in [2.24, 2.45) is 0 Å². The normalized spacial score (nSPS) is 15.9. The molecule has 25 heavy (non-hydrogen) atoms. The third kappa shape index (κ3) is 4.83. The summed E-state index contributed by atoms with van der Waals surface area (Å²) in [7, 11) is 1.86. The highest BCUT2D eigenvalue weighted by Crippen LogP contribution is 2.18. The van der Waals surface area contributed by atoms with Gasteiger partial charge in [-0.1, -0.05) is 24.3 Å². The first kappa shape index (κ1) is 18.0. The number of amides is 2. The van der Waals surface area contributed by atoms with Crippen molar-refractivity contribution < 1.29 is 4.79 Å². The van der Waals surface area contributed by atoms with Crippen LogP contribution in [0.3, 0.4) is 0 Å². The summed E-state index contributed by atoms with van der Waals surface area (Å²) in [5, 5.41) is 7.20. The van der Waals surface area contributed by atoms with E-state index in [2.05, 4.69) is 45.9 Å². The summed E-state index contributed by atoms with van der Waals surface area (Å²) in [5.74, 6) is 0. The van der Waals surface area contributed by atoms with Gasteiger partial charge in [-0.15, -0.1) is 0 Å². The highest BCUT2D eigenvalue weighted by Gasteiger charge is 2.17. The number of carbonyl (C=O) groups excluding carboxylic acids is 1. The maximum Gasteiger partial charge on any atom is 0.317 e. The van der Waals surface area contributed by atoms with Crippen LogP contribution < -0.4 is 5.32 Å². The fraction of sp³-hybridized carbons (Fsp3) is 0.450. The molecule has 1 aromatic carbocycles. The largest absolute Gasteiger partial charge is 0.331 e. The molecule has 4 nitrogen and oxygen atoms in total. The van der Waals surface area contributed by atoms with Crippen molar-refractivity contribution in [3.05, 3.63) is 57.8 Å². The SMILES string of the molecule is CC(NC(=O)N(C)Cc1ccccc1CN1CCCC1)c1ccsc1. The average molecular weight is 358 g/mol. The molecule has 1 atom stereocenters. The van der Waals surface area contributed by atoms with E-state index in [4.69, 9.17) is 0 Å². The van der Waals surface area contributed by atoms with Gasteiger partial charge < -0.3 is 10.2 Å². The summed E-state index contributed by atoms with van der Waals surface area (Å²) in [6.45, 7) is 6.00. The molecule has 0 spiro atoms. The van der Waals surface area contributed by atoms with E-state index in [1.54, 1.807) is 16.2 Å². The van der Waals surface area contributed by atoms with Crippen LogP contribution in [0.1, 0.15) is 42.5 Å². The number of urea groups is 1. The van der Waals surface area contributed by atoms with Crippen LogP contribution in [0.15, 0.2) is 41.1 Å². The van der Waals surface area contributed by atoms with Crippen molar-refractivity contribution in [3.63, 3.8) is 0 Å². The van der Waals surface area contributed by atoms with Gasteiger partial charge in [-0.25, -0.2) is 4.79 Å². The molecule has 1 aromatic heterocycles. The lowest BCUT2D eigenvalue weighted by Gasteiger charge is -2.23. The summed E-state index contributed by atoms with van der Waals surface area (Å²) < 4.78 is 0. The zero-order chi connectivity index (χ0) is 17.6. The number of hydrogen-bond donors (Lipinski definition) is 1. The van der Waals surface area contributed by atoms with Crippen molar-refractivity contribution >= 4 is 17.4 Å². The monoisotopic (exact) mass is 357 g/mol. The van der Waals surface area contributed by atoms with E-state index in [1.807, 2.05) is 19.4 Å². The molecule has 1 aliphatic heterocycles. The van der Waals surface area contributed by atoms with Gasteiger partial charge in [0.1, 0.15) is 0 Å². The van der Waals surface area contributed by atoms with Gasteiger partial charge in [0.25, 0.3) is 0 Å². The molecule has 1 N–H and O–H groups in total. The number of nitrogens with one attached hydrogen (secondary N) is 1. The smallest absolute Gasteiger partial charge is 0.317 e. The third-order valence-electron chi connectivity index (χ3n) is 4.85. The van der Waals surface area contributed by atoms with Gasteiger partial charge in [0.15, 0.2) is 0 Å². The lowest BCUT2D eigenvalue weighted by Crippen LogP contribution is -2.38. The number of rotatable bonds is 6. The summed E-state index contributed by atoms with van der Waals surface area (Å²) in [6.07, 6.45) is 2.59. The van der Waals surface area contributed by atoms with Crippen LogP contribution in [-0.2, 0) is 13.1 Å². The van der Waals surface area contributed by atoms with E-state index in [9.17, 15) is 4.79 Å². The van der Waals surface area contributed by atoms with Crippen molar-refractivity contribution in [1.29, 1.82) is 0 Å². The lowest BCUT2D eigenvalue weighted by atomic mass is 10.1. The fourth-order valence-electron chi connectivity index (χ4n) is 3.28. The first-order chi connectivity index (χ1) is 12.1. The molecule has 0 bridgehead atoms. The van der Waals surface area contributed by atoms with E-state index >= 15 is 0 Å². The van der Waals surface area contributed by atoms with Crippen LogP contribution in [0.2, 0.25) is 0 Å². The molecule has 0 saturated carbocycles. The minimum atomic E-state index is -0.0327. The van der Waals surface area contributed by atoms with E-state index < -0.39 is 0 Å². The summed E-state index contributed by atoms with van der Waals surface area (Å²) in [5.41, 5.74) is 3.71. The zero-order valence-corrected chi connectivity index (χ0v) is 15.9. The van der Waals surface area contributed by atoms with Crippen molar-refractivity contribution in [3.8, 4) is 0 Å². The van der Waals surface area contributed by atoms with E-state index in [0.29, 0.717) is 6.54 Å². The molecule has 1 fully saturated rings. The van der Waals surface area contributed by atoms with Gasteiger partial charge in [-0.2, -0.15) is 11.3 Å². The number of likely N-dealkylation sites (tertiary alicyclic amines) is 1. The van der Waals surface area contributed by atoms with Crippen molar-refractivity contribution in [1.82, 2.24) is 15.1 Å². The van der Waals surface area contributed by atoms with Gasteiger partial charge in [0, 0.05) is 20.1 Å². The number of thiophene rings is 1. The van der Waals surface area contributed by atoms with Gasteiger partial charge in [0.05, 0.1) is 6.04 Å². The Kier molecular flexibility index (Phi) is 6.10. The minimum absolute atomic E-state index is 0.0287. The summed E-state index contributed by atoms with van der Waals surface area (Å²) >= 11 is 1.65. The Morgan fingerprint density at radius 3 is 2.64 bits per heavy atom. The topological polar surface area (TPSA) is 35.6 Å². The van der Waals surface area contributed by atoms with Gasteiger partial charge in [-0.05, 0) is 66.4 Å². The van der Waals surface area contributed by atoms with Crippen molar-refractivity contribution in [2.75, 3.05) is 20.1 Å². The second kappa shape index (κ2) is 8.50. The number of nitrogens with zero attached hydrogens (tertiary/aromatic N) is 2. The van der Waals surface area contributed by atoms with Gasteiger partial charge in [-0.3, -0.25) is 4.90 Å². The highest BCUT2D eigenvalue weighted by molar-refractivity contribution is 7.07. The Morgan fingerprint density at radius 1 is 1.24 bits per heavy atom. The molecule has 2 aromatic rings. The molecule has 3 rings (SSSR count). The molecule has 5 heteroatoms. The first-order valence-corrected chi connectivity index (χ1v) is 9.90. The molecule has 0 aliphatic carbocycles. The molecule has 0 radical (unpaired) electrons. The summed E-state index contributed by atoms with van der Waals surface area (Å²) in [6, 6.07) is 10.5.